The van der Waals surface area contributed by atoms with Crippen LogP contribution in [0, 0.1) is 0 Å². The molecule has 0 bridgehead atoms. The summed E-state index contributed by atoms with van der Waals surface area (Å²) < 4.78 is 5.09. The second-order valence-corrected chi connectivity index (χ2v) is 5.68. The number of rotatable bonds is 6. The molecule has 1 heterocycles. The van der Waals surface area contributed by atoms with E-state index in [9.17, 15) is 4.79 Å². The van der Waals surface area contributed by atoms with Gasteiger partial charge in [-0.25, -0.2) is 0 Å². The van der Waals surface area contributed by atoms with Gasteiger partial charge in [-0.3, -0.25) is 4.79 Å². The molecule has 0 aliphatic rings. The third-order valence-corrected chi connectivity index (χ3v) is 3.95. The van der Waals surface area contributed by atoms with Crippen molar-refractivity contribution in [3.8, 4) is 0 Å². The smallest absolute Gasteiger partial charge is 0.256 e. The molecule has 4 N–H and O–H groups in total. The Morgan fingerprint density at radius 1 is 1.33 bits per heavy atom. The summed E-state index contributed by atoms with van der Waals surface area (Å²) >= 11 is 1.62. The minimum atomic E-state index is -0.113. The highest BCUT2D eigenvalue weighted by Gasteiger charge is 2.18. The summed E-state index contributed by atoms with van der Waals surface area (Å²) in [6.45, 7) is 1.53. The van der Waals surface area contributed by atoms with E-state index in [4.69, 9.17) is 16.2 Å². The van der Waals surface area contributed by atoms with E-state index in [1.807, 2.05) is 17.5 Å². The standard InChI is InChI=1S/C15H19N3O2S/c1-20-7-6-18(10-12-3-2-8-21-12)15(19)13-5-4-11(16)9-14(13)17/h2-5,8-9H,6-7,10,16-17H2,1H3. The third kappa shape index (κ3) is 3.96. The number of hydrogen-bond donors (Lipinski definition) is 2. The molecule has 1 aromatic carbocycles. The number of anilines is 2. The number of amides is 1. The van der Waals surface area contributed by atoms with Crippen LogP contribution >= 0.6 is 11.3 Å². The molecule has 1 aromatic heterocycles. The average molecular weight is 305 g/mol. The first-order chi connectivity index (χ1) is 10.1. The number of methoxy groups -OCH3 is 1. The Hall–Kier alpha value is -2.05. The number of nitrogen functional groups attached to an aromatic ring is 2. The van der Waals surface area contributed by atoms with Crippen molar-refractivity contribution in [1.82, 2.24) is 4.90 Å². The quantitative estimate of drug-likeness (QED) is 0.802. The second kappa shape index (κ2) is 7.10. The normalized spacial score (nSPS) is 10.5. The minimum absolute atomic E-state index is 0.113. The fraction of sp³-hybridized carbons (Fsp3) is 0.267. The van der Waals surface area contributed by atoms with Gasteiger partial charge in [0.05, 0.1) is 18.7 Å². The van der Waals surface area contributed by atoms with Gasteiger partial charge in [0.15, 0.2) is 0 Å². The number of ether oxygens (including phenoxy) is 1. The van der Waals surface area contributed by atoms with E-state index in [0.717, 1.165) is 4.88 Å². The molecule has 1 amide bonds. The molecule has 2 aromatic rings. The summed E-state index contributed by atoms with van der Waals surface area (Å²) in [6.07, 6.45) is 0. The number of carbonyl (C=O) groups excluding carboxylic acids is 1. The summed E-state index contributed by atoms with van der Waals surface area (Å²) in [5, 5.41) is 1.99. The van der Waals surface area contributed by atoms with E-state index in [1.54, 1.807) is 41.5 Å². The number of benzene rings is 1. The number of nitrogens with two attached hydrogens (primary N) is 2. The fourth-order valence-electron chi connectivity index (χ4n) is 1.99. The zero-order valence-corrected chi connectivity index (χ0v) is 12.7. The van der Waals surface area contributed by atoms with Gasteiger partial charge in [0.2, 0.25) is 0 Å². The fourth-order valence-corrected chi connectivity index (χ4v) is 2.71. The maximum atomic E-state index is 12.7. The van der Waals surface area contributed by atoms with Crippen LogP contribution in [-0.2, 0) is 11.3 Å². The van der Waals surface area contributed by atoms with E-state index in [-0.39, 0.29) is 5.91 Å². The summed E-state index contributed by atoms with van der Waals surface area (Å²) in [4.78, 5) is 15.5. The van der Waals surface area contributed by atoms with Crippen molar-refractivity contribution < 1.29 is 9.53 Å². The lowest BCUT2D eigenvalue weighted by Gasteiger charge is -2.22. The van der Waals surface area contributed by atoms with Gasteiger partial charge < -0.3 is 21.1 Å². The third-order valence-electron chi connectivity index (χ3n) is 3.09. The van der Waals surface area contributed by atoms with Crippen molar-refractivity contribution >= 4 is 28.6 Å². The number of carbonyl (C=O) groups is 1. The van der Waals surface area contributed by atoms with E-state index >= 15 is 0 Å². The Balaban J connectivity index is 2.20. The van der Waals surface area contributed by atoms with Crippen LogP contribution in [0.3, 0.4) is 0 Å². The van der Waals surface area contributed by atoms with E-state index in [0.29, 0.717) is 36.6 Å². The predicted octanol–water partition coefficient (Wildman–Crippen LogP) is 2.20. The SMILES string of the molecule is COCCN(Cc1cccs1)C(=O)c1ccc(N)cc1N. The molecule has 0 atom stereocenters. The summed E-state index contributed by atoms with van der Waals surface area (Å²) in [5.41, 5.74) is 13.0. The van der Waals surface area contributed by atoms with Crippen molar-refractivity contribution in [2.24, 2.45) is 0 Å². The van der Waals surface area contributed by atoms with Crippen molar-refractivity contribution in [2.45, 2.75) is 6.54 Å². The maximum Gasteiger partial charge on any atom is 0.256 e. The number of thiophene rings is 1. The van der Waals surface area contributed by atoms with Gasteiger partial charge in [-0.1, -0.05) is 6.07 Å². The van der Waals surface area contributed by atoms with Crippen molar-refractivity contribution in [3.63, 3.8) is 0 Å². The van der Waals surface area contributed by atoms with Gasteiger partial charge in [-0.15, -0.1) is 11.3 Å². The first-order valence-electron chi connectivity index (χ1n) is 6.57. The number of nitrogens with zero attached hydrogens (tertiary/aromatic N) is 1. The molecule has 0 aliphatic heterocycles. The molecule has 112 valence electrons. The molecule has 6 heteroatoms. The first kappa shape index (κ1) is 15.3. The molecule has 0 radical (unpaired) electrons. The molecule has 21 heavy (non-hydrogen) atoms. The van der Waals surface area contributed by atoms with Gasteiger partial charge in [0.1, 0.15) is 0 Å². The molecular weight excluding hydrogens is 286 g/mol. The maximum absolute atomic E-state index is 12.7. The lowest BCUT2D eigenvalue weighted by atomic mass is 10.1. The van der Waals surface area contributed by atoms with Gasteiger partial charge in [0.25, 0.3) is 5.91 Å². The van der Waals surface area contributed by atoms with Crippen LogP contribution in [-0.4, -0.2) is 31.1 Å². The zero-order chi connectivity index (χ0) is 15.2. The Labute approximate surface area is 128 Å². The van der Waals surface area contributed by atoms with Crippen LogP contribution in [0.1, 0.15) is 15.2 Å². The lowest BCUT2D eigenvalue weighted by molar-refractivity contribution is 0.0683. The Morgan fingerprint density at radius 2 is 2.14 bits per heavy atom. The minimum Gasteiger partial charge on any atom is -0.399 e. The Kier molecular flexibility index (Phi) is 5.19. The van der Waals surface area contributed by atoms with Gasteiger partial charge in [-0.2, -0.15) is 0 Å². The highest BCUT2D eigenvalue weighted by molar-refractivity contribution is 7.09. The topological polar surface area (TPSA) is 81.6 Å². The largest absolute Gasteiger partial charge is 0.399 e. The van der Waals surface area contributed by atoms with E-state index in [2.05, 4.69) is 0 Å². The zero-order valence-electron chi connectivity index (χ0n) is 11.9. The molecule has 5 nitrogen and oxygen atoms in total. The highest BCUT2D eigenvalue weighted by Crippen LogP contribution is 2.20. The van der Waals surface area contributed by atoms with Crippen LogP contribution in [0.15, 0.2) is 35.7 Å². The lowest BCUT2D eigenvalue weighted by Crippen LogP contribution is -2.33. The summed E-state index contributed by atoms with van der Waals surface area (Å²) in [5.74, 6) is -0.113. The van der Waals surface area contributed by atoms with Crippen LogP contribution in [0.2, 0.25) is 0 Å². The Morgan fingerprint density at radius 3 is 2.76 bits per heavy atom. The molecule has 0 spiro atoms. The second-order valence-electron chi connectivity index (χ2n) is 4.65. The molecule has 2 rings (SSSR count). The molecule has 0 aliphatic carbocycles. The van der Waals surface area contributed by atoms with Crippen LogP contribution in [0.5, 0.6) is 0 Å². The number of hydrogen-bond acceptors (Lipinski definition) is 5. The molecule has 0 saturated heterocycles. The first-order valence-corrected chi connectivity index (χ1v) is 7.45. The molecule has 0 saturated carbocycles. The average Bonchev–Trinajstić information content (AvgIpc) is 2.95. The summed E-state index contributed by atoms with van der Waals surface area (Å²) in [7, 11) is 1.62. The van der Waals surface area contributed by atoms with Crippen molar-refractivity contribution in [2.75, 3.05) is 31.7 Å². The van der Waals surface area contributed by atoms with Gasteiger partial charge >= 0.3 is 0 Å². The van der Waals surface area contributed by atoms with E-state index < -0.39 is 0 Å². The van der Waals surface area contributed by atoms with E-state index in [1.165, 1.54) is 0 Å². The monoisotopic (exact) mass is 305 g/mol. The van der Waals surface area contributed by atoms with Crippen molar-refractivity contribution in [3.05, 3.63) is 46.2 Å². The van der Waals surface area contributed by atoms with Crippen LogP contribution < -0.4 is 11.5 Å². The molecule has 0 unspecified atom stereocenters. The van der Waals surface area contributed by atoms with Crippen LogP contribution in [0.4, 0.5) is 11.4 Å². The summed E-state index contributed by atoms with van der Waals surface area (Å²) in [6, 6.07) is 8.93. The highest BCUT2D eigenvalue weighted by atomic mass is 32.1. The molecular formula is C15H19N3O2S. The van der Waals surface area contributed by atoms with Crippen LogP contribution in [0.25, 0.3) is 0 Å². The van der Waals surface area contributed by atoms with Gasteiger partial charge in [0, 0.05) is 29.9 Å². The van der Waals surface area contributed by atoms with Crippen molar-refractivity contribution in [1.29, 1.82) is 0 Å². The Bertz CT molecular complexity index is 599. The predicted molar refractivity (Wildman–Crippen MR) is 86.2 cm³/mol. The van der Waals surface area contributed by atoms with Gasteiger partial charge in [-0.05, 0) is 29.6 Å². The molecule has 0 fully saturated rings.